The molecule has 1 aliphatic heterocycles. The Labute approximate surface area is 111 Å². The average molecular weight is 267 g/mol. The number of nitrogens with two attached hydrogens (primary N) is 1. The smallest absolute Gasteiger partial charge is 0.164 e. The second-order valence-electron chi connectivity index (χ2n) is 4.51. The molecule has 0 aromatic heterocycles. The number of alkyl halides is 1. The molecule has 5 heteroatoms. The molecule has 4 nitrogen and oxygen atoms in total. The van der Waals surface area contributed by atoms with Gasteiger partial charge in [0.1, 0.15) is 6.17 Å². The third-order valence-corrected chi connectivity index (χ3v) is 3.02. The van der Waals surface area contributed by atoms with Gasteiger partial charge in [-0.3, -0.25) is 4.79 Å². The molecule has 2 rings (SSSR count). The van der Waals surface area contributed by atoms with Gasteiger partial charge in [-0.2, -0.15) is 0 Å². The van der Waals surface area contributed by atoms with E-state index in [0.29, 0.717) is 35.8 Å². The average Bonchev–Trinajstić information content (AvgIpc) is 2.61. The standard InChI is InChI=1S/C14H18FNO3/c1-9(15)10-7-13-14(19-6-2-5-18-13)8-11(10)12(17)3-4-16/h7-9H,2-6,16H2,1H3. The van der Waals surface area contributed by atoms with Crippen molar-refractivity contribution in [3.05, 3.63) is 23.3 Å². The Hall–Kier alpha value is -1.62. The van der Waals surface area contributed by atoms with Gasteiger partial charge in [0.05, 0.1) is 13.2 Å². The molecule has 104 valence electrons. The molecule has 0 saturated carbocycles. The van der Waals surface area contributed by atoms with Crippen molar-refractivity contribution in [1.29, 1.82) is 0 Å². The summed E-state index contributed by atoms with van der Waals surface area (Å²) >= 11 is 0. The molecular weight excluding hydrogens is 249 g/mol. The van der Waals surface area contributed by atoms with Gasteiger partial charge in [-0.1, -0.05) is 0 Å². The van der Waals surface area contributed by atoms with Gasteiger partial charge in [-0.05, 0) is 25.6 Å². The zero-order chi connectivity index (χ0) is 13.8. The molecule has 1 unspecified atom stereocenters. The summed E-state index contributed by atoms with van der Waals surface area (Å²) in [6.45, 7) is 2.71. The Morgan fingerprint density at radius 1 is 1.37 bits per heavy atom. The van der Waals surface area contributed by atoms with Crippen molar-refractivity contribution in [1.82, 2.24) is 0 Å². The van der Waals surface area contributed by atoms with E-state index in [-0.39, 0.29) is 18.7 Å². The quantitative estimate of drug-likeness (QED) is 0.851. The monoisotopic (exact) mass is 267 g/mol. The lowest BCUT2D eigenvalue weighted by Crippen LogP contribution is -2.11. The fraction of sp³-hybridized carbons (Fsp3) is 0.500. The lowest BCUT2D eigenvalue weighted by molar-refractivity contribution is 0.0982. The van der Waals surface area contributed by atoms with Crippen LogP contribution >= 0.6 is 0 Å². The summed E-state index contributed by atoms with van der Waals surface area (Å²) in [5.74, 6) is 0.834. The summed E-state index contributed by atoms with van der Waals surface area (Å²) < 4.78 is 24.7. The number of fused-ring (bicyclic) bond motifs is 1. The van der Waals surface area contributed by atoms with Gasteiger partial charge in [0.25, 0.3) is 0 Å². The van der Waals surface area contributed by atoms with Crippen LogP contribution in [0, 0.1) is 0 Å². The highest BCUT2D eigenvalue weighted by molar-refractivity contribution is 5.98. The highest BCUT2D eigenvalue weighted by Gasteiger charge is 2.21. The fourth-order valence-electron chi connectivity index (χ4n) is 2.06. The molecule has 0 spiro atoms. The maximum absolute atomic E-state index is 13.7. The largest absolute Gasteiger partial charge is 0.490 e. The number of hydrogen-bond donors (Lipinski definition) is 1. The number of hydrogen-bond acceptors (Lipinski definition) is 4. The van der Waals surface area contributed by atoms with Gasteiger partial charge in [-0.15, -0.1) is 0 Å². The molecule has 19 heavy (non-hydrogen) atoms. The minimum atomic E-state index is -1.24. The highest BCUT2D eigenvalue weighted by Crippen LogP contribution is 2.36. The van der Waals surface area contributed by atoms with E-state index in [1.54, 1.807) is 12.1 Å². The van der Waals surface area contributed by atoms with E-state index in [0.717, 1.165) is 6.42 Å². The maximum Gasteiger partial charge on any atom is 0.164 e. The summed E-state index contributed by atoms with van der Waals surface area (Å²) in [7, 11) is 0. The van der Waals surface area contributed by atoms with E-state index in [9.17, 15) is 9.18 Å². The summed E-state index contributed by atoms with van der Waals surface area (Å²) in [6, 6.07) is 3.14. The van der Waals surface area contributed by atoms with Gasteiger partial charge < -0.3 is 15.2 Å². The van der Waals surface area contributed by atoms with Gasteiger partial charge in [0.15, 0.2) is 17.3 Å². The summed E-state index contributed by atoms with van der Waals surface area (Å²) in [5.41, 5.74) is 6.06. The van der Waals surface area contributed by atoms with Crippen molar-refractivity contribution in [2.45, 2.75) is 25.9 Å². The van der Waals surface area contributed by atoms with Crippen molar-refractivity contribution < 1.29 is 18.7 Å². The normalized spacial score (nSPS) is 15.7. The van der Waals surface area contributed by atoms with Gasteiger partial charge in [-0.25, -0.2) is 4.39 Å². The molecule has 0 radical (unpaired) electrons. The second kappa shape index (κ2) is 6.02. The zero-order valence-corrected chi connectivity index (χ0v) is 10.9. The molecule has 1 atom stereocenters. The van der Waals surface area contributed by atoms with Crippen molar-refractivity contribution in [2.75, 3.05) is 19.8 Å². The Balaban J connectivity index is 2.45. The first-order valence-corrected chi connectivity index (χ1v) is 6.44. The minimum Gasteiger partial charge on any atom is -0.490 e. The number of rotatable bonds is 4. The number of Topliss-reactive ketones (excluding diaryl/α,β-unsaturated/α-hetero) is 1. The topological polar surface area (TPSA) is 61.6 Å². The number of carbonyl (C=O) groups is 1. The Bertz CT molecular complexity index is 474. The molecule has 0 amide bonds. The number of ether oxygens (including phenoxy) is 2. The lowest BCUT2D eigenvalue weighted by Gasteiger charge is -2.14. The predicted octanol–water partition coefficient (Wildman–Crippen LogP) is 2.41. The van der Waals surface area contributed by atoms with Crippen LogP contribution in [0.3, 0.4) is 0 Å². The summed E-state index contributed by atoms with van der Waals surface area (Å²) in [6.07, 6.45) is -0.283. The van der Waals surface area contributed by atoms with Gasteiger partial charge in [0.2, 0.25) is 0 Å². The number of benzene rings is 1. The van der Waals surface area contributed by atoms with Crippen LogP contribution in [0.2, 0.25) is 0 Å². The number of carbonyl (C=O) groups excluding carboxylic acids is 1. The van der Waals surface area contributed by atoms with Crippen molar-refractivity contribution in [3.8, 4) is 11.5 Å². The Kier molecular flexibility index (Phi) is 4.37. The predicted molar refractivity (Wildman–Crippen MR) is 69.6 cm³/mol. The zero-order valence-electron chi connectivity index (χ0n) is 10.9. The van der Waals surface area contributed by atoms with Crippen LogP contribution in [-0.4, -0.2) is 25.5 Å². The Morgan fingerprint density at radius 2 is 2.00 bits per heavy atom. The van der Waals surface area contributed by atoms with E-state index < -0.39 is 6.17 Å². The first-order chi connectivity index (χ1) is 9.13. The van der Waals surface area contributed by atoms with E-state index >= 15 is 0 Å². The number of halogens is 1. The lowest BCUT2D eigenvalue weighted by atomic mass is 9.98. The summed E-state index contributed by atoms with van der Waals surface area (Å²) in [5, 5.41) is 0. The third kappa shape index (κ3) is 3.04. The Morgan fingerprint density at radius 3 is 2.58 bits per heavy atom. The van der Waals surface area contributed by atoms with Crippen LogP contribution in [-0.2, 0) is 0 Å². The first kappa shape index (κ1) is 13.8. The highest BCUT2D eigenvalue weighted by atomic mass is 19.1. The van der Waals surface area contributed by atoms with Crippen LogP contribution in [0.15, 0.2) is 12.1 Å². The molecule has 0 fully saturated rings. The van der Waals surface area contributed by atoms with Gasteiger partial charge >= 0.3 is 0 Å². The van der Waals surface area contributed by atoms with Crippen LogP contribution in [0.4, 0.5) is 4.39 Å². The third-order valence-electron chi connectivity index (χ3n) is 3.02. The minimum absolute atomic E-state index is 0.169. The molecule has 0 aliphatic carbocycles. The SMILES string of the molecule is CC(F)c1cc2c(cc1C(=O)CCN)OCCCO2. The molecule has 1 aromatic carbocycles. The van der Waals surface area contributed by atoms with E-state index in [4.69, 9.17) is 15.2 Å². The molecule has 0 bridgehead atoms. The van der Waals surface area contributed by atoms with Crippen molar-refractivity contribution in [2.24, 2.45) is 5.73 Å². The summed E-state index contributed by atoms with van der Waals surface area (Å²) in [4.78, 5) is 12.0. The van der Waals surface area contributed by atoms with Crippen molar-refractivity contribution >= 4 is 5.78 Å². The van der Waals surface area contributed by atoms with Crippen molar-refractivity contribution in [3.63, 3.8) is 0 Å². The van der Waals surface area contributed by atoms with Crippen LogP contribution < -0.4 is 15.2 Å². The molecule has 1 aromatic rings. The molecule has 1 heterocycles. The fourth-order valence-corrected chi connectivity index (χ4v) is 2.06. The first-order valence-electron chi connectivity index (χ1n) is 6.44. The molecule has 0 saturated heterocycles. The van der Waals surface area contributed by atoms with Crippen LogP contribution in [0.1, 0.15) is 41.9 Å². The van der Waals surface area contributed by atoms with E-state index in [1.807, 2.05) is 0 Å². The van der Waals surface area contributed by atoms with Crippen LogP contribution in [0.5, 0.6) is 11.5 Å². The molecule has 2 N–H and O–H groups in total. The number of ketones is 1. The van der Waals surface area contributed by atoms with E-state index in [1.165, 1.54) is 6.92 Å². The van der Waals surface area contributed by atoms with Crippen LogP contribution in [0.25, 0.3) is 0 Å². The van der Waals surface area contributed by atoms with Gasteiger partial charge in [0, 0.05) is 24.0 Å². The second-order valence-corrected chi connectivity index (χ2v) is 4.51. The maximum atomic E-state index is 13.7. The molecule has 1 aliphatic rings. The van der Waals surface area contributed by atoms with E-state index in [2.05, 4.69) is 0 Å². The molecular formula is C14H18FNO3.